The summed E-state index contributed by atoms with van der Waals surface area (Å²) in [7, 11) is 0. The van der Waals surface area contributed by atoms with E-state index in [0.717, 1.165) is 5.56 Å². The molecule has 0 saturated carbocycles. The summed E-state index contributed by atoms with van der Waals surface area (Å²) < 4.78 is 12.7. The molecule has 102 valence electrons. The molecule has 1 aromatic carbocycles. The van der Waals surface area contributed by atoms with E-state index in [1.54, 1.807) is 25.1 Å². The number of carboxylic acid groups (broad SMARTS) is 1. The highest BCUT2D eigenvalue weighted by Gasteiger charge is 2.06. The van der Waals surface area contributed by atoms with Crippen LogP contribution in [0.1, 0.15) is 25.3 Å². The van der Waals surface area contributed by atoms with Gasteiger partial charge in [-0.05, 0) is 37.1 Å². The average Bonchev–Trinajstić information content (AvgIpc) is 2.36. The van der Waals surface area contributed by atoms with Crippen LogP contribution in [0.3, 0.4) is 0 Å². The van der Waals surface area contributed by atoms with Crippen LogP contribution in [-0.4, -0.2) is 23.0 Å². The first-order valence-corrected chi connectivity index (χ1v) is 5.93. The Balaban J connectivity index is 2.42. The van der Waals surface area contributed by atoms with Gasteiger partial charge in [0.05, 0.1) is 0 Å². The maximum atomic E-state index is 12.7. The van der Waals surface area contributed by atoms with Crippen LogP contribution in [0.15, 0.2) is 30.3 Å². The SMILES string of the molecule is CC(CCC(=O)O)NC(=O)C=Cc1ccc(F)cc1. The summed E-state index contributed by atoms with van der Waals surface area (Å²) in [6, 6.07) is 5.54. The van der Waals surface area contributed by atoms with Crippen LogP contribution in [0.5, 0.6) is 0 Å². The maximum Gasteiger partial charge on any atom is 0.303 e. The Morgan fingerprint density at radius 3 is 2.58 bits per heavy atom. The van der Waals surface area contributed by atoms with Gasteiger partial charge in [0.1, 0.15) is 5.82 Å². The van der Waals surface area contributed by atoms with Crippen LogP contribution in [0.4, 0.5) is 4.39 Å². The van der Waals surface area contributed by atoms with E-state index in [1.807, 2.05) is 0 Å². The van der Waals surface area contributed by atoms with Crippen molar-refractivity contribution in [2.24, 2.45) is 0 Å². The summed E-state index contributed by atoms with van der Waals surface area (Å²) in [5, 5.41) is 11.2. The first-order valence-electron chi connectivity index (χ1n) is 5.93. The van der Waals surface area contributed by atoms with Crippen LogP contribution < -0.4 is 5.32 Å². The average molecular weight is 265 g/mol. The van der Waals surface area contributed by atoms with Gasteiger partial charge in [0.2, 0.25) is 5.91 Å². The molecule has 1 amide bonds. The van der Waals surface area contributed by atoms with Crippen molar-refractivity contribution in [2.45, 2.75) is 25.8 Å². The van der Waals surface area contributed by atoms with Gasteiger partial charge in [-0.3, -0.25) is 9.59 Å². The van der Waals surface area contributed by atoms with Gasteiger partial charge < -0.3 is 10.4 Å². The van der Waals surface area contributed by atoms with E-state index in [-0.39, 0.29) is 24.2 Å². The Morgan fingerprint density at radius 1 is 1.37 bits per heavy atom. The molecule has 4 nitrogen and oxygen atoms in total. The number of rotatable bonds is 6. The quantitative estimate of drug-likeness (QED) is 0.775. The molecule has 0 aromatic heterocycles. The first kappa shape index (κ1) is 14.9. The van der Waals surface area contributed by atoms with E-state index in [0.29, 0.717) is 6.42 Å². The second-order valence-corrected chi connectivity index (χ2v) is 4.23. The molecule has 2 N–H and O–H groups in total. The summed E-state index contributed by atoms with van der Waals surface area (Å²) >= 11 is 0. The zero-order valence-electron chi connectivity index (χ0n) is 10.6. The zero-order valence-corrected chi connectivity index (χ0v) is 10.6. The van der Waals surface area contributed by atoms with Gasteiger partial charge in [0.25, 0.3) is 0 Å². The van der Waals surface area contributed by atoms with Crippen LogP contribution >= 0.6 is 0 Å². The Hall–Kier alpha value is -2.17. The molecule has 1 unspecified atom stereocenters. The smallest absolute Gasteiger partial charge is 0.303 e. The van der Waals surface area contributed by atoms with E-state index in [9.17, 15) is 14.0 Å². The van der Waals surface area contributed by atoms with Gasteiger partial charge in [0, 0.05) is 18.5 Å². The summed E-state index contributed by atoms with van der Waals surface area (Å²) in [6.45, 7) is 1.74. The number of carbonyl (C=O) groups excluding carboxylic acids is 1. The first-order chi connectivity index (χ1) is 8.97. The van der Waals surface area contributed by atoms with Gasteiger partial charge in [-0.1, -0.05) is 12.1 Å². The van der Waals surface area contributed by atoms with Crippen molar-refractivity contribution < 1.29 is 19.1 Å². The second kappa shape index (κ2) is 7.31. The summed E-state index contributed by atoms with van der Waals surface area (Å²) in [4.78, 5) is 21.9. The van der Waals surface area contributed by atoms with Gasteiger partial charge in [-0.25, -0.2) is 4.39 Å². The molecule has 1 rings (SSSR count). The topological polar surface area (TPSA) is 66.4 Å². The van der Waals surface area contributed by atoms with E-state index in [4.69, 9.17) is 5.11 Å². The van der Waals surface area contributed by atoms with Gasteiger partial charge >= 0.3 is 5.97 Å². The van der Waals surface area contributed by atoms with Gasteiger partial charge in [-0.15, -0.1) is 0 Å². The second-order valence-electron chi connectivity index (χ2n) is 4.23. The van der Waals surface area contributed by atoms with E-state index in [2.05, 4.69) is 5.32 Å². The van der Waals surface area contributed by atoms with Crippen molar-refractivity contribution in [3.8, 4) is 0 Å². The number of amides is 1. The van der Waals surface area contributed by atoms with Crippen LogP contribution in [0.25, 0.3) is 6.08 Å². The Kier molecular flexibility index (Phi) is 5.73. The predicted octanol–water partition coefficient (Wildman–Crippen LogP) is 2.21. The Bertz CT molecular complexity index is 468. The molecule has 0 radical (unpaired) electrons. The van der Waals surface area contributed by atoms with E-state index >= 15 is 0 Å². The molecule has 5 heteroatoms. The minimum absolute atomic E-state index is 0.0170. The van der Waals surface area contributed by atoms with Crippen molar-refractivity contribution >= 4 is 18.0 Å². The molecule has 0 saturated heterocycles. The number of carbonyl (C=O) groups is 2. The molecule has 19 heavy (non-hydrogen) atoms. The molecule has 1 atom stereocenters. The molecular formula is C14H16FNO3. The normalized spacial score (nSPS) is 12.3. The standard InChI is InChI=1S/C14H16FNO3/c1-10(2-9-14(18)19)16-13(17)8-5-11-3-6-12(15)7-4-11/h3-8,10H,2,9H2,1H3,(H,16,17)(H,18,19). The Morgan fingerprint density at radius 2 is 2.00 bits per heavy atom. The van der Waals surface area contributed by atoms with Crippen LogP contribution in [0, 0.1) is 5.82 Å². The summed E-state index contributed by atoms with van der Waals surface area (Å²) in [5.74, 6) is -1.52. The number of carboxylic acids is 1. The van der Waals surface area contributed by atoms with E-state index in [1.165, 1.54) is 18.2 Å². The predicted molar refractivity (Wildman–Crippen MR) is 69.9 cm³/mol. The summed E-state index contributed by atoms with van der Waals surface area (Å²) in [5.41, 5.74) is 0.717. The number of nitrogens with one attached hydrogen (secondary N) is 1. The van der Waals surface area contributed by atoms with Gasteiger partial charge in [-0.2, -0.15) is 0 Å². The van der Waals surface area contributed by atoms with Crippen molar-refractivity contribution in [3.05, 3.63) is 41.7 Å². The lowest BCUT2D eigenvalue weighted by atomic mass is 10.1. The number of hydrogen-bond acceptors (Lipinski definition) is 2. The zero-order chi connectivity index (χ0) is 14.3. The fraction of sp³-hybridized carbons (Fsp3) is 0.286. The molecule has 0 spiro atoms. The third-order valence-corrected chi connectivity index (χ3v) is 2.48. The largest absolute Gasteiger partial charge is 0.481 e. The van der Waals surface area contributed by atoms with E-state index < -0.39 is 5.97 Å². The molecule has 0 fully saturated rings. The van der Waals surface area contributed by atoms with Crippen molar-refractivity contribution in [2.75, 3.05) is 0 Å². The fourth-order valence-electron chi connectivity index (χ4n) is 1.45. The number of halogens is 1. The fourth-order valence-corrected chi connectivity index (χ4v) is 1.45. The molecule has 0 aliphatic rings. The molecule has 0 aliphatic heterocycles. The van der Waals surface area contributed by atoms with Crippen molar-refractivity contribution in [3.63, 3.8) is 0 Å². The van der Waals surface area contributed by atoms with Crippen LogP contribution in [-0.2, 0) is 9.59 Å². The lowest BCUT2D eigenvalue weighted by molar-refractivity contribution is -0.137. The lowest BCUT2D eigenvalue weighted by Gasteiger charge is -2.10. The highest BCUT2D eigenvalue weighted by atomic mass is 19.1. The monoisotopic (exact) mass is 265 g/mol. The summed E-state index contributed by atoms with van der Waals surface area (Å²) in [6.07, 6.45) is 3.30. The van der Waals surface area contributed by atoms with Crippen LogP contribution in [0.2, 0.25) is 0 Å². The molecule has 0 heterocycles. The minimum atomic E-state index is -0.886. The molecule has 1 aromatic rings. The highest BCUT2D eigenvalue weighted by Crippen LogP contribution is 2.04. The number of hydrogen-bond donors (Lipinski definition) is 2. The van der Waals surface area contributed by atoms with Gasteiger partial charge in [0.15, 0.2) is 0 Å². The molecule has 0 aliphatic carbocycles. The molecular weight excluding hydrogens is 249 g/mol. The van der Waals surface area contributed by atoms with Crippen molar-refractivity contribution in [1.29, 1.82) is 0 Å². The highest BCUT2D eigenvalue weighted by molar-refractivity contribution is 5.91. The Labute approximate surface area is 110 Å². The number of aliphatic carboxylic acids is 1. The number of benzene rings is 1. The third kappa shape index (κ3) is 6.35. The lowest BCUT2D eigenvalue weighted by Crippen LogP contribution is -2.31. The third-order valence-electron chi connectivity index (χ3n) is 2.48. The maximum absolute atomic E-state index is 12.7. The molecule has 0 bridgehead atoms. The minimum Gasteiger partial charge on any atom is -0.481 e. The van der Waals surface area contributed by atoms with Crippen molar-refractivity contribution in [1.82, 2.24) is 5.32 Å².